The Kier molecular flexibility index (Phi) is 6.36. The molecule has 4 rings (SSSR count). The summed E-state index contributed by atoms with van der Waals surface area (Å²) in [4.78, 5) is 15.6. The van der Waals surface area contributed by atoms with Crippen molar-refractivity contribution in [1.29, 1.82) is 0 Å². The third kappa shape index (κ3) is 4.84. The molecule has 1 aromatic heterocycles. The highest BCUT2D eigenvalue weighted by Crippen LogP contribution is 2.39. The van der Waals surface area contributed by atoms with E-state index in [0.29, 0.717) is 0 Å². The normalized spacial score (nSPS) is 19.1. The summed E-state index contributed by atoms with van der Waals surface area (Å²) in [5.41, 5.74) is 0.00237. The quantitative estimate of drug-likeness (QED) is 0.539. The molecule has 6 nitrogen and oxygen atoms in total. The molecule has 1 fully saturated rings. The second-order valence-electron chi connectivity index (χ2n) is 8.51. The van der Waals surface area contributed by atoms with Crippen LogP contribution in [-0.2, 0) is 19.1 Å². The van der Waals surface area contributed by atoms with Crippen LogP contribution in [0.4, 0.5) is 13.2 Å². The highest BCUT2D eigenvalue weighted by molar-refractivity contribution is 5.83. The standard InChI is InChI=1S/C24H25F3N2O4/c1-3-15-4-6-16(7-5-15)32-22-20(31)17-8-9-19(30)18(14-29-12-10-28(2)11-13-29)21(17)33-23(22)24(25,26)27/h4-9,30H,3,10-14H2,1-2H3/p+2. The number of piperazine rings is 1. The van der Waals surface area contributed by atoms with Crippen LogP contribution >= 0.6 is 0 Å². The maximum atomic E-state index is 13.9. The maximum Gasteiger partial charge on any atom is 0.453 e. The Hall–Kier alpha value is -3.04. The smallest absolute Gasteiger partial charge is 0.453 e. The molecule has 0 saturated carbocycles. The van der Waals surface area contributed by atoms with Gasteiger partial charge in [0.2, 0.25) is 11.2 Å². The van der Waals surface area contributed by atoms with Crippen molar-refractivity contribution in [2.75, 3.05) is 33.2 Å². The Balaban J connectivity index is 1.81. The lowest BCUT2D eigenvalue weighted by molar-refractivity contribution is -1.01. The number of phenolic OH excluding ortho intramolecular Hbond substituents is 1. The second-order valence-corrected chi connectivity index (χ2v) is 8.51. The molecule has 0 radical (unpaired) electrons. The number of ether oxygens (including phenoxy) is 1. The van der Waals surface area contributed by atoms with Gasteiger partial charge in [-0.05, 0) is 36.2 Å². The monoisotopic (exact) mass is 464 g/mol. The van der Waals surface area contributed by atoms with Crippen LogP contribution in [0, 0.1) is 0 Å². The van der Waals surface area contributed by atoms with Crippen molar-refractivity contribution in [1.82, 2.24) is 0 Å². The first-order valence-electron chi connectivity index (χ1n) is 11.0. The number of halogens is 3. The van der Waals surface area contributed by atoms with Gasteiger partial charge in [0, 0.05) is 0 Å². The molecule has 1 aliphatic rings. The van der Waals surface area contributed by atoms with Crippen molar-refractivity contribution in [2.45, 2.75) is 26.1 Å². The minimum absolute atomic E-state index is 0.0601. The van der Waals surface area contributed by atoms with E-state index in [1.807, 2.05) is 6.92 Å². The number of fused-ring (bicyclic) bond motifs is 1. The molecule has 0 bridgehead atoms. The molecule has 1 aliphatic heterocycles. The minimum Gasteiger partial charge on any atom is -0.507 e. The van der Waals surface area contributed by atoms with Crippen molar-refractivity contribution in [2.24, 2.45) is 0 Å². The fraction of sp³-hybridized carbons (Fsp3) is 0.375. The molecule has 3 N–H and O–H groups in total. The Morgan fingerprint density at radius 3 is 2.33 bits per heavy atom. The van der Waals surface area contributed by atoms with E-state index in [0.717, 1.165) is 43.1 Å². The zero-order valence-corrected chi connectivity index (χ0v) is 18.5. The van der Waals surface area contributed by atoms with Gasteiger partial charge in [0.25, 0.3) is 5.76 Å². The highest BCUT2D eigenvalue weighted by atomic mass is 19.4. The highest BCUT2D eigenvalue weighted by Gasteiger charge is 2.41. The van der Waals surface area contributed by atoms with E-state index in [9.17, 15) is 23.1 Å². The van der Waals surface area contributed by atoms with E-state index in [4.69, 9.17) is 9.15 Å². The molecule has 1 saturated heterocycles. The van der Waals surface area contributed by atoms with E-state index in [2.05, 4.69) is 7.05 Å². The number of quaternary nitrogens is 2. The van der Waals surface area contributed by atoms with E-state index in [1.54, 1.807) is 12.1 Å². The predicted octanol–water partition coefficient (Wildman–Crippen LogP) is 1.79. The van der Waals surface area contributed by atoms with Gasteiger partial charge in [0.1, 0.15) is 44.2 Å². The number of aryl methyl sites for hydroxylation is 1. The Bertz CT molecular complexity index is 1200. The molecule has 33 heavy (non-hydrogen) atoms. The van der Waals surface area contributed by atoms with E-state index in [-0.39, 0.29) is 34.6 Å². The molecule has 0 amide bonds. The third-order valence-corrected chi connectivity index (χ3v) is 6.14. The summed E-state index contributed by atoms with van der Waals surface area (Å²) < 4.78 is 52.5. The summed E-state index contributed by atoms with van der Waals surface area (Å²) in [6.07, 6.45) is -4.20. The molecule has 0 spiro atoms. The number of phenols is 1. The van der Waals surface area contributed by atoms with E-state index in [1.165, 1.54) is 29.2 Å². The lowest BCUT2D eigenvalue weighted by Gasteiger charge is -2.27. The summed E-state index contributed by atoms with van der Waals surface area (Å²) in [7, 11) is 2.08. The number of nitrogens with one attached hydrogen (secondary N) is 2. The molecule has 9 heteroatoms. The summed E-state index contributed by atoms with van der Waals surface area (Å²) in [5.74, 6) is -2.51. The number of hydrogen-bond acceptors (Lipinski definition) is 4. The van der Waals surface area contributed by atoms with Gasteiger partial charge in [0.05, 0.1) is 18.0 Å². The van der Waals surface area contributed by atoms with Crippen LogP contribution in [0.2, 0.25) is 0 Å². The molecule has 3 aromatic rings. The Morgan fingerprint density at radius 2 is 1.73 bits per heavy atom. The summed E-state index contributed by atoms with van der Waals surface area (Å²) in [5, 5.41) is 10.4. The van der Waals surface area contributed by atoms with Crippen LogP contribution < -0.4 is 20.0 Å². The molecule has 0 atom stereocenters. The van der Waals surface area contributed by atoms with Crippen LogP contribution in [0.5, 0.6) is 17.2 Å². The van der Waals surface area contributed by atoms with Crippen molar-refractivity contribution < 1.29 is 37.2 Å². The molecule has 2 heterocycles. The fourth-order valence-corrected chi connectivity index (χ4v) is 4.10. The first-order valence-corrected chi connectivity index (χ1v) is 11.0. The van der Waals surface area contributed by atoms with Crippen LogP contribution in [-0.4, -0.2) is 38.3 Å². The fourth-order valence-electron chi connectivity index (χ4n) is 4.10. The second kappa shape index (κ2) is 9.07. The number of aromatic hydroxyl groups is 1. The summed E-state index contributed by atoms with van der Waals surface area (Å²) in [6.45, 7) is 5.63. The van der Waals surface area contributed by atoms with Crippen molar-refractivity contribution in [3.63, 3.8) is 0 Å². The zero-order chi connectivity index (χ0) is 23.8. The number of likely N-dealkylation sites (N-methyl/N-ethyl adjacent to an activating group) is 1. The molecule has 2 aromatic carbocycles. The first-order chi connectivity index (χ1) is 15.7. The Morgan fingerprint density at radius 1 is 1.06 bits per heavy atom. The number of benzene rings is 2. The van der Waals surface area contributed by atoms with Gasteiger partial charge in [-0.25, -0.2) is 0 Å². The number of hydrogen-bond donors (Lipinski definition) is 3. The molecule has 0 aliphatic carbocycles. The van der Waals surface area contributed by atoms with Gasteiger partial charge in [-0.1, -0.05) is 19.1 Å². The van der Waals surface area contributed by atoms with Gasteiger partial charge < -0.3 is 24.1 Å². The van der Waals surface area contributed by atoms with E-state index < -0.39 is 23.1 Å². The molecule has 176 valence electrons. The van der Waals surface area contributed by atoms with Gasteiger partial charge in [-0.3, -0.25) is 4.79 Å². The molecule has 0 unspecified atom stereocenters. The van der Waals surface area contributed by atoms with Crippen LogP contribution in [0.25, 0.3) is 11.0 Å². The van der Waals surface area contributed by atoms with Crippen molar-refractivity contribution in [3.05, 3.63) is 63.5 Å². The predicted molar refractivity (Wildman–Crippen MR) is 116 cm³/mol. The summed E-state index contributed by atoms with van der Waals surface area (Å²) in [6, 6.07) is 9.08. The third-order valence-electron chi connectivity index (χ3n) is 6.14. The number of alkyl halides is 3. The van der Waals surface area contributed by atoms with Gasteiger partial charge in [-0.15, -0.1) is 0 Å². The molecular weight excluding hydrogens is 437 g/mol. The van der Waals surface area contributed by atoms with Crippen LogP contribution in [0.1, 0.15) is 23.8 Å². The van der Waals surface area contributed by atoms with Gasteiger partial charge in [0.15, 0.2) is 5.58 Å². The maximum absolute atomic E-state index is 13.9. The SMILES string of the molecule is CCc1ccc(Oc2c(C(F)(F)F)oc3c(C[NH+]4CC[NH+](C)CC4)c(O)ccc3c2=O)cc1. The lowest BCUT2D eigenvalue weighted by Crippen LogP contribution is -3.26. The Labute approximate surface area is 188 Å². The van der Waals surface area contributed by atoms with Gasteiger partial charge in [-0.2, -0.15) is 13.2 Å². The largest absolute Gasteiger partial charge is 0.507 e. The van der Waals surface area contributed by atoms with Crippen molar-refractivity contribution >= 4 is 11.0 Å². The van der Waals surface area contributed by atoms with Crippen molar-refractivity contribution in [3.8, 4) is 17.2 Å². The van der Waals surface area contributed by atoms with Crippen LogP contribution in [0.3, 0.4) is 0 Å². The van der Waals surface area contributed by atoms with Crippen LogP contribution in [0.15, 0.2) is 45.6 Å². The topological polar surface area (TPSA) is 68.6 Å². The minimum atomic E-state index is -4.96. The molecular formula is C24H27F3N2O4+2. The van der Waals surface area contributed by atoms with E-state index >= 15 is 0 Å². The first kappa shape index (κ1) is 23.1. The zero-order valence-electron chi connectivity index (χ0n) is 18.5. The number of rotatable bonds is 5. The average Bonchev–Trinajstić information content (AvgIpc) is 2.78. The lowest BCUT2D eigenvalue weighted by atomic mass is 10.1. The van der Waals surface area contributed by atoms with Gasteiger partial charge >= 0.3 is 6.18 Å². The summed E-state index contributed by atoms with van der Waals surface area (Å²) >= 11 is 0. The average molecular weight is 464 g/mol.